The lowest BCUT2D eigenvalue weighted by Gasteiger charge is -2.21. The molecule has 0 fully saturated rings. The van der Waals surface area contributed by atoms with Crippen LogP contribution in [0.1, 0.15) is 94.2 Å². The molecule has 0 spiro atoms. The Bertz CT molecular complexity index is 1280. The zero-order chi connectivity index (χ0) is 33.7. The van der Waals surface area contributed by atoms with Crippen molar-refractivity contribution in [2.24, 2.45) is 0 Å². The average molecular weight is 654 g/mol. The summed E-state index contributed by atoms with van der Waals surface area (Å²) in [4.78, 5) is 0. The second-order valence-electron chi connectivity index (χ2n) is 17.0. The standard InChI is InChI=1S/C24H44BSi4.C14H15N/c1-21(2,3)26-17-13-25(14-18-27-22(4,5)6,15-19-28-23(7,8)9)16-20-29-24(10,11)12;1-11-7-3-5-9-13(11)15-14-10-6-4-8-12(14)2/h26-29H2,1-12H3;3-10,15H,1-2H3/q-1;/p+1. The Morgan fingerprint density at radius 3 is 0.932 bits per heavy atom. The first-order valence-corrected chi connectivity index (χ1v) is 21.9. The van der Waals surface area contributed by atoms with Crippen LogP contribution in [-0.4, -0.2) is 44.2 Å². The molecular formula is C38H60BNSi4. The minimum atomic E-state index is -1.53. The number of aryl methyl sites for hydroxylation is 2. The average Bonchev–Trinajstić information content (AvgIpc) is 2.84. The molecule has 0 radical (unpaired) electrons. The lowest BCUT2D eigenvalue weighted by Crippen LogP contribution is -2.71. The van der Waals surface area contributed by atoms with Gasteiger partial charge in [-0.2, -0.15) is 22.2 Å². The SMILES string of the molecule is CC(C)(C)[SiH2]C#C[B-](C#C[SiH2]C(C)(C)C)(C#C[SiH2]C(C)(C)C)C#C[SiH2]C(C)(C)C.Cc1ccccc1[NH2+]c1ccccc1C. The van der Waals surface area contributed by atoms with Crippen LogP contribution in [0.25, 0.3) is 0 Å². The molecule has 6 heteroatoms. The van der Waals surface area contributed by atoms with Crippen molar-refractivity contribution in [1.29, 1.82) is 0 Å². The van der Waals surface area contributed by atoms with Gasteiger partial charge in [-0.1, -0.05) is 119 Å². The van der Waals surface area contributed by atoms with E-state index in [1.54, 1.807) is 0 Å². The molecule has 44 heavy (non-hydrogen) atoms. The van der Waals surface area contributed by atoms with E-state index in [-0.39, 0.29) is 0 Å². The zero-order valence-corrected chi connectivity index (χ0v) is 36.3. The smallest absolute Gasteiger partial charge is 0.268 e. The second-order valence-corrected chi connectivity index (χ2v) is 28.3. The Kier molecular flexibility index (Phi) is 15.6. The summed E-state index contributed by atoms with van der Waals surface area (Å²) in [5.41, 5.74) is 19.5. The van der Waals surface area contributed by atoms with Crippen molar-refractivity contribution in [3.8, 4) is 45.5 Å². The Morgan fingerprint density at radius 1 is 0.455 bits per heavy atom. The first-order valence-electron chi connectivity index (χ1n) is 16.2. The monoisotopic (exact) mass is 653 g/mol. The molecule has 0 heterocycles. The highest BCUT2D eigenvalue weighted by atomic mass is 28.2. The van der Waals surface area contributed by atoms with Gasteiger partial charge in [0.05, 0.1) is 0 Å². The summed E-state index contributed by atoms with van der Waals surface area (Å²) in [6.07, 6.45) is -1.53. The van der Waals surface area contributed by atoms with Crippen molar-refractivity contribution in [3.63, 3.8) is 0 Å². The van der Waals surface area contributed by atoms with Crippen molar-refractivity contribution in [3.05, 3.63) is 59.7 Å². The van der Waals surface area contributed by atoms with Gasteiger partial charge in [-0.3, -0.25) is 28.6 Å². The molecule has 0 aromatic heterocycles. The summed E-state index contributed by atoms with van der Waals surface area (Å²) in [6.45, 7) is 31.8. The molecule has 0 aliphatic carbocycles. The van der Waals surface area contributed by atoms with Crippen LogP contribution in [0.4, 0.5) is 11.4 Å². The minimum absolute atomic E-state index is 0.323. The molecule has 0 saturated carbocycles. The first kappa shape index (κ1) is 39.6. The summed E-state index contributed by atoms with van der Waals surface area (Å²) in [5, 5.41) is 3.53. The van der Waals surface area contributed by atoms with E-state index in [0.717, 1.165) is 0 Å². The summed E-state index contributed by atoms with van der Waals surface area (Å²) in [5.74, 6) is 14.3. The van der Waals surface area contributed by atoms with Crippen LogP contribution in [0.15, 0.2) is 48.5 Å². The number of hydrogen-bond acceptors (Lipinski definition) is 0. The van der Waals surface area contributed by atoms with Gasteiger partial charge < -0.3 is 0 Å². The fraction of sp³-hybridized carbons (Fsp3) is 0.474. The Labute approximate surface area is 281 Å². The van der Waals surface area contributed by atoms with Crippen LogP contribution in [0.5, 0.6) is 0 Å². The molecule has 2 N–H and O–H groups in total. The molecule has 0 atom stereocenters. The van der Waals surface area contributed by atoms with E-state index in [0.29, 0.717) is 20.2 Å². The van der Waals surface area contributed by atoms with Gasteiger partial charge in [-0.25, -0.2) is 0 Å². The molecule has 0 bridgehead atoms. The third-order valence-corrected chi connectivity index (χ3v) is 12.2. The van der Waals surface area contributed by atoms with E-state index < -0.39 is 44.2 Å². The highest BCUT2D eigenvalue weighted by molar-refractivity contribution is 7.08. The first-order chi connectivity index (χ1) is 20.1. The van der Waals surface area contributed by atoms with Gasteiger partial charge in [0.15, 0.2) is 0 Å². The molecule has 236 valence electrons. The molecule has 0 aliphatic rings. The van der Waals surface area contributed by atoms with Crippen LogP contribution >= 0.6 is 0 Å². The number of para-hydroxylation sites is 2. The fourth-order valence-corrected chi connectivity index (χ4v) is 7.51. The van der Waals surface area contributed by atoms with Gasteiger partial charge in [-0.15, -0.1) is 0 Å². The van der Waals surface area contributed by atoms with Crippen molar-refractivity contribution in [2.45, 2.75) is 117 Å². The van der Waals surface area contributed by atoms with Gasteiger partial charge >= 0.3 is 0 Å². The predicted octanol–water partition coefficient (Wildman–Crippen LogP) is 5.81. The van der Waals surface area contributed by atoms with Crippen LogP contribution in [-0.2, 0) is 0 Å². The second kappa shape index (κ2) is 17.3. The molecule has 2 aromatic rings. The molecule has 2 aromatic carbocycles. The van der Waals surface area contributed by atoms with Crippen LogP contribution < -0.4 is 5.32 Å². The minimum Gasteiger partial charge on any atom is -0.281 e. The lowest BCUT2D eigenvalue weighted by atomic mass is 9.28. The maximum absolute atomic E-state index is 3.57. The van der Waals surface area contributed by atoms with E-state index in [1.165, 1.54) is 22.5 Å². The van der Waals surface area contributed by atoms with E-state index >= 15 is 0 Å². The van der Waals surface area contributed by atoms with E-state index in [1.807, 2.05) is 0 Å². The Balaban J connectivity index is 0.000000532. The number of hydrogen-bond donors (Lipinski definition) is 1. The van der Waals surface area contributed by atoms with Gasteiger partial charge in [0, 0.05) is 11.1 Å². The van der Waals surface area contributed by atoms with Gasteiger partial charge in [0.25, 0.3) is 6.15 Å². The number of nitrogens with two attached hydrogens (primary N) is 1. The van der Waals surface area contributed by atoms with Crippen molar-refractivity contribution in [1.82, 2.24) is 0 Å². The topological polar surface area (TPSA) is 16.6 Å². The van der Waals surface area contributed by atoms with Crippen molar-refractivity contribution >= 4 is 55.6 Å². The molecule has 2 rings (SSSR count). The van der Waals surface area contributed by atoms with Gasteiger partial charge in [0.1, 0.15) is 49.5 Å². The molecule has 0 unspecified atom stereocenters. The summed E-state index contributed by atoms with van der Waals surface area (Å²) < 4.78 is 0. The number of benzene rings is 2. The summed E-state index contributed by atoms with van der Waals surface area (Å²) in [7, 11) is -1.99. The van der Waals surface area contributed by atoms with Crippen LogP contribution in [0.2, 0.25) is 20.2 Å². The lowest BCUT2D eigenvalue weighted by molar-refractivity contribution is -0.479. The third kappa shape index (κ3) is 19.1. The number of rotatable bonds is 2. The highest BCUT2D eigenvalue weighted by Gasteiger charge is 2.17. The summed E-state index contributed by atoms with van der Waals surface area (Å²) in [6, 6.07) is 16.9. The molecule has 0 saturated heterocycles. The largest absolute Gasteiger partial charge is 0.281 e. The van der Waals surface area contributed by atoms with E-state index in [2.05, 4.69) is 196 Å². The number of quaternary nitrogens is 1. The van der Waals surface area contributed by atoms with E-state index in [4.69, 9.17) is 0 Å². The zero-order valence-electron chi connectivity index (χ0n) is 30.6. The van der Waals surface area contributed by atoms with Crippen LogP contribution in [0, 0.1) is 59.3 Å². The molecular weight excluding hydrogens is 594 g/mol. The normalized spacial score (nSPS) is 13.8. The quantitative estimate of drug-likeness (QED) is 0.239. The van der Waals surface area contributed by atoms with Gasteiger partial charge in [-0.05, 0) is 46.1 Å². The van der Waals surface area contributed by atoms with E-state index in [9.17, 15) is 0 Å². The molecule has 0 aliphatic heterocycles. The Morgan fingerprint density at radius 2 is 0.705 bits per heavy atom. The van der Waals surface area contributed by atoms with Crippen molar-refractivity contribution in [2.75, 3.05) is 0 Å². The molecule has 0 amide bonds. The summed E-state index contributed by atoms with van der Waals surface area (Å²) >= 11 is 0. The maximum atomic E-state index is 3.57. The Hall–Kier alpha value is -2.43. The van der Waals surface area contributed by atoms with Crippen molar-refractivity contribution < 1.29 is 5.32 Å². The molecule has 1 nitrogen and oxygen atoms in total. The van der Waals surface area contributed by atoms with Gasteiger partial charge in [0.2, 0.25) is 0 Å². The predicted molar refractivity (Wildman–Crippen MR) is 213 cm³/mol. The van der Waals surface area contributed by atoms with Crippen LogP contribution in [0.3, 0.4) is 0 Å². The highest BCUT2D eigenvalue weighted by Crippen LogP contribution is 2.21. The third-order valence-electron chi connectivity index (χ3n) is 6.44. The maximum Gasteiger partial charge on any atom is 0.268 e. The fourth-order valence-electron chi connectivity index (χ4n) is 3.76.